The molecule has 0 aliphatic carbocycles. The summed E-state index contributed by atoms with van der Waals surface area (Å²) in [6.45, 7) is 1.52. The molecule has 0 spiro atoms. The van der Waals surface area contributed by atoms with Crippen molar-refractivity contribution in [1.82, 2.24) is 5.32 Å². The van der Waals surface area contributed by atoms with Gasteiger partial charge in [-0.05, 0) is 48.9 Å². The Kier molecular flexibility index (Phi) is 7.19. The number of carbonyl (C=O) groups excluding carboxylic acids is 2. The van der Waals surface area contributed by atoms with Gasteiger partial charge in [0.1, 0.15) is 11.6 Å². The van der Waals surface area contributed by atoms with Crippen LogP contribution in [0.1, 0.15) is 28.9 Å². The van der Waals surface area contributed by atoms with Crippen LogP contribution in [0, 0.1) is 5.82 Å². The summed E-state index contributed by atoms with van der Waals surface area (Å²) in [5, 5.41) is 5.37. The first-order valence-electron chi connectivity index (χ1n) is 9.26. The molecule has 154 valence electrons. The minimum Gasteiger partial charge on any atom is -0.483 e. The van der Waals surface area contributed by atoms with Crippen molar-refractivity contribution in [1.29, 1.82) is 0 Å². The van der Waals surface area contributed by atoms with E-state index in [4.69, 9.17) is 4.74 Å². The number of anilines is 1. The average Bonchev–Trinajstić information content (AvgIpc) is 2.74. The van der Waals surface area contributed by atoms with Crippen LogP contribution in [0.3, 0.4) is 0 Å². The van der Waals surface area contributed by atoms with Gasteiger partial charge in [-0.3, -0.25) is 9.59 Å². The monoisotopic (exact) mass is 470 g/mol. The molecule has 1 atom stereocenters. The van der Waals surface area contributed by atoms with Gasteiger partial charge in [0.25, 0.3) is 11.8 Å². The lowest BCUT2D eigenvalue weighted by atomic mass is 10.1. The van der Waals surface area contributed by atoms with Crippen molar-refractivity contribution in [3.8, 4) is 5.75 Å². The van der Waals surface area contributed by atoms with Gasteiger partial charge in [0.05, 0.1) is 17.3 Å². The first-order chi connectivity index (χ1) is 14.4. The van der Waals surface area contributed by atoms with Gasteiger partial charge < -0.3 is 15.4 Å². The van der Waals surface area contributed by atoms with Crippen LogP contribution in [0.25, 0.3) is 0 Å². The largest absolute Gasteiger partial charge is 0.483 e. The Morgan fingerprint density at radius 2 is 1.67 bits per heavy atom. The predicted molar refractivity (Wildman–Crippen MR) is 117 cm³/mol. The highest BCUT2D eigenvalue weighted by Gasteiger charge is 2.16. The van der Waals surface area contributed by atoms with Gasteiger partial charge in [0.2, 0.25) is 0 Å². The maximum Gasteiger partial charge on any atom is 0.262 e. The summed E-state index contributed by atoms with van der Waals surface area (Å²) >= 11 is 3.39. The van der Waals surface area contributed by atoms with Crippen molar-refractivity contribution in [2.24, 2.45) is 0 Å². The molecule has 0 aliphatic rings. The fraction of sp³-hybridized carbons (Fsp3) is 0.130. The molecule has 0 heterocycles. The van der Waals surface area contributed by atoms with Crippen LogP contribution in [-0.4, -0.2) is 18.4 Å². The lowest BCUT2D eigenvalue weighted by molar-refractivity contribution is -0.118. The molecule has 0 aliphatic heterocycles. The summed E-state index contributed by atoms with van der Waals surface area (Å²) in [5.41, 5.74) is 1.33. The molecule has 3 aromatic rings. The summed E-state index contributed by atoms with van der Waals surface area (Å²) in [4.78, 5) is 24.8. The van der Waals surface area contributed by atoms with E-state index in [0.717, 1.165) is 10.0 Å². The molecule has 30 heavy (non-hydrogen) atoms. The van der Waals surface area contributed by atoms with Crippen LogP contribution in [0.2, 0.25) is 0 Å². The molecule has 0 fully saturated rings. The number of nitrogens with one attached hydrogen (secondary N) is 2. The highest BCUT2D eigenvalue weighted by molar-refractivity contribution is 9.10. The zero-order valence-corrected chi connectivity index (χ0v) is 17.8. The van der Waals surface area contributed by atoms with Crippen molar-refractivity contribution in [3.05, 3.63) is 94.2 Å². The number of benzene rings is 3. The lowest BCUT2D eigenvalue weighted by Crippen LogP contribution is -2.27. The SMILES string of the molecule is CC(NC(=O)c1ccccc1OCC(=O)Nc1ccccc1F)c1ccc(Br)cc1. The normalized spacial score (nSPS) is 11.4. The smallest absolute Gasteiger partial charge is 0.262 e. The minimum absolute atomic E-state index is 0.0699. The molecular weight excluding hydrogens is 451 g/mol. The predicted octanol–water partition coefficient (Wildman–Crippen LogP) is 5.10. The van der Waals surface area contributed by atoms with E-state index in [9.17, 15) is 14.0 Å². The molecule has 2 N–H and O–H groups in total. The van der Waals surface area contributed by atoms with Crippen molar-refractivity contribution in [2.45, 2.75) is 13.0 Å². The summed E-state index contributed by atoms with van der Waals surface area (Å²) in [5.74, 6) is -1.12. The molecule has 3 aromatic carbocycles. The average molecular weight is 471 g/mol. The third-order valence-corrected chi connectivity index (χ3v) is 4.88. The van der Waals surface area contributed by atoms with Crippen LogP contribution in [0.5, 0.6) is 5.75 Å². The van der Waals surface area contributed by atoms with Gasteiger partial charge >= 0.3 is 0 Å². The maximum atomic E-state index is 13.7. The fourth-order valence-electron chi connectivity index (χ4n) is 2.78. The van der Waals surface area contributed by atoms with Crippen molar-refractivity contribution < 1.29 is 18.7 Å². The number of amides is 2. The quantitative estimate of drug-likeness (QED) is 0.504. The number of halogens is 2. The number of carbonyl (C=O) groups is 2. The second-order valence-electron chi connectivity index (χ2n) is 6.56. The molecule has 0 radical (unpaired) electrons. The third kappa shape index (κ3) is 5.67. The number of para-hydroxylation sites is 2. The van der Waals surface area contributed by atoms with Gasteiger partial charge in [0, 0.05) is 4.47 Å². The van der Waals surface area contributed by atoms with E-state index in [1.54, 1.807) is 30.3 Å². The third-order valence-electron chi connectivity index (χ3n) is 4.36. The Balaban J connectivity index is 1.63. The Morgan fingerprint density at radius 1 is 1.00 bits per heavy atom. The van der Waals surface area contributed by atoms with E-state index in [-0.39, 0.29) is 30.0 Å². The van der Waals surface area contributed by atoms with Gasteiger partial charge in [-0.15, -0.1) is 0 Å². The lowest BCUT2D eigenvalue weighted by Gasteiger charge is -2.16. The number of ether oxygens (including phenoxy) is 1. The highest BCUT2D eigenvalue weighted by atomic mass is 79.9. The summed E-state index contributed by atoms with van der Waals surface area (Å²) in [6, 6.07) is 19.9. The van der Waals surface area contributed by atoms with Gasteiger partial charge in [-0.25, -0.2) is 4.39 Å². The molecule has 0 saturated carbocycles. The van der Waals surface area contributed by atoms with E-state index in [0.29, 0.717) is 5.56 Å². The molecule has 3 rings (SSSR count). The number of hydrogen-bond acceptors (Lipinski definition) is 3. The zero-order valence-electron chi connectivity index (χ0n) is 16.2. The van der Waals surface area contributed by atoms with E-state index >= 15 is 0 Å². The van der Waals surface area contributed by atoms with Crippen molar-refractivity contribution >= 4 is 33.4 Å². The molecular formula is C23H20BrFN2O3. The zero-order chi connectivity index (χ0) is 21.5. The van der Waals surface area contributed by atoms with Gasteiger partial charge in [-0.1, -0.05) is 52.3 Å². The van der Waals surface area contributed by atoms with Crippen LogP contribution < -0.4 is 15.4 Å². The summed E-state index contributed by atoms with van der Waals surface area (Å²) < 4.78 is 20.1. The maximum absolute atomic E-state index is 13.7. The first-order valence-corrected chi connectivity index (χ1v) is 10.1. The fourth-order valence-corrected chi connectivity index (χ4v) is 3.05. The Bertz CT molecular complexity index is 1040. The number of rotatable bonds is 7. The van der Waals surface area contributed by atoms with Crippen LogP contribution >= 0.6 is 15.9 Å². The van der Waals surface area contributed by atoms with Crippen molar-refractivity contribution in [2.75, 3.05) is 11.9 Å². The van der Waals surface area contributed by atoms with E-state index in [2.05, 4.69) is 26.6 Å². The molecule has 0 saturated heterocycles. The Morgan fingerprint density at radius 3 is 2.40 bits per heavy atom. The van der Waals surface area contributed by atoms with E-state index < -0.39 is 11.7 Å². The summed E-state index contributed by atoms with van der Waals surface area (Å²) in [7, 11) is 0. The van der Waals surface area contributed by atoms with Gasteiger partial charge in [-0.2, -0.15) is 0 Å². The minimum atomic E-state index is -0.535. The molecule has 7 heteroatoms. The molecule has 0 bridgehead atoms. The van der Waals surface area contributed by atoms with Crippen LogP contribution in [0.4, 0.5) is 10.1 Å². The van der Waals surface area contributed by atoms with E-state index in [1.165, 1.54) is 18.2 Å². The van der Waals surface area contributed by atoms with E-state index in [1.807, 2.05) is 31.2 Å². The van der Waals surface area contributed by atoms with Crippen LogP contribution in [-0.2, 0) is 4.79 Å². The molecule has 0 aromatic heterocycles. The van der Waals surface area contributed by atoms with Crippen molar-refractivity contribution in [3.63, 3.8) is 0 Å². The Hall–Kier alpha value is -3.19. The second kappa shape index (κ2) is 10.0. The first kappa shape index (κ1) is 21.5. The standard InChI is InChI=1S/C23H20BrFN2O3/c1-15(16-10-12-17(24)13-11-16)26-23(29)18-6-2-5-9-21(18)30-14-22(28)27-20-8-4-3-7-19(20)25/h2-13,15H,14H2,1H3,(H,26,29)(H,27,28). The number of hydrogen-bond donors (Lipinski definition) is 2. The molecule has 1 unspecified atom stereocenters. The topological polar surface area (TPSA) is 67.4 Å². The second-order valence-corrected chi connectivity index (χ2v) is 7.48. The Labute approximate surface area is 182 Å². The van der Waals surface area contributed by atoms with Crippen LogP contribution in [0.15, 0.2) is 77.3 Å². The highest BCUT2D eigenvalue weighted by Crippen LogP contribution is 2.21. The molecule has 2 amide bonds. The summed E-state index contributed by atoms with van der Waals surface area (Å²) in [6.07, 6.45) is 0. The van der Waals surface area contributed by atoms with Gasteiger partial charge in [0.15, 0.2) is 6.61 Å². The molecule has 5 nitrogen and oxygen atoms in total.